The van der Waals surface area contributed by atoms with Crippen molar-refractivity contribution in [3.05, 3.63) is 89.1 Å². The van der Waals surface area contributed by atoms with E-state index in [2.05, 4.69) is 85.2 Å². The summed E-state index contributed by atoms with van der Waals surface area (Å²) in [7, 11) is 0. The Morgan fingerprint density at radius 3 is 2.38 bits per heavy atom. The molecule has 6 nitrogen and oxygen atoms in total. The van der Waals surface area contributed by atoms with Gasteiger partial charge >= 0.3 is 0 Å². The Balaban J connectivity index is 1.23. The number of aromatic nitrogens is 2. The van der Waals surface area contributed by atoms with E-state index in [0.29, 0.717) is 0 Å². The van der Waals surface area contributed by atoms with Crippen molar-refractivity contribution in [3.8, 4) is 0 Å². The van der Waals surface area contributed by atoms with Gasteiger partial charge in [-0.1, -0.05) is 87.1 Å². The van der Waals surface area contributed by atoms with Gasteiger partial charge < -0.3 is 9.80 Å². The van der Waals surface area contributed by atoms with Crippen LogP contribution in [0.25, 0.3) is 6.08 Å². The maximum absolute atomic E-state index is 12.9. The van der Waals surface area contributed by atoms with Crippen LogP contribution in [0.3, 0.4) is 0 Å². The van der Waals surface area contributed by atoms with E-state index >= 15 is 0 Å². The maximum atomic E-state index is 12.9. The molecule has 1 amide bonds. The van der Waals surface area contributed by atoms with Crippen LogP contribution in [0.5, 0.6) is 0 Å². The van der Waals surface area contributed by atoms with E-state index in [-0.39, 0.29) is 11.3 Å². The number of likely N-dealkylation sites (tertiary alicyclic amines) is 1. The summed E-state index contributed by atoms with van der Waals surface area (Å²) < 4.78 is 0. The Hall–Kier alpha value is -3.16. The van der Waals surface area contributed by atoms with Crippen LogP contribution in [0.15, 0.2) is 71.9 Å². The van der Waals surface area contributed by atoms with Crippen LogP contribution in [0, 0.1) is 0 Å². The third-order valence-corrected chi connectivity index (χ3v) is 8.48. The molecule has 2 aliphatic heterocycles. The van der Waals surface area contributed by atoms with E-state index in [1.165, 1.54) is 5.56 Å². The number of hydrogen-bond acceptors (Lipinski definition) is 6. The second-order valence-corrected chi connectivity index (χ2v) is 12.7. The molecule has 2 fully saturated rings. The third-order valence-electron chi connectivity index (χ3n) is 7.57. The molecule has 7 heteroatoms. The van der Waals surface area contributed by atoms with E-state index in [4.69, 9.17) is 9.97 Å². The Kier molecular flexibility index (Phi) is 9.22. The van der Waals surface area contributed by atoms with Crippen LogP contribution in [0.2, 0.25) is 0 Å². The van der Waals surface area contributed by atoms with Gasteiger partial charge in [0.1, 0.15) is 5.82 Å². The van der Waals surface area contributed by atoms with Crippen LogP contribution in [-0.2, 0) is 11.2 Å². The second kappa shape index (κ2) is 13.0. The largest absolute Gasteiger partial charge is 0.354 e. The highest BCUT2D eigenvalue weighted by atomic mass is 32.2. The molecule has 3 aromatic rings. The first-order chi connectivity index (χ1) is 19.3. The number of carbonyl (C=O) groups excluding carboxylic acids is 1. The minimum atomic E-state index is -0.0703. The van der Waals surface area contributed by atoms with Crippen molar-refractivity contribution in [3.63, 3.8) is 0 Å². The smallest absolute Gasteiger partial charge is 0.253 e. The first-order valence-corrected chi connectivity index (χ1v) is 15.4. The fourth-order valence-corrected chi connectivity index (χ4v) is 5.93. The molecule has 0 N–H and O–H groups in total. The summed E-state index contributed by atoms with van der Waals surface area (Å²) in [5.41, 5.74) is 4.14. The fraction of sp³-hybridized carbons (Fsp3) is 0.424. The zero-order valence-electron chi connectivity index (χ0n) is 24.1. The number of benzene rings is 2. The standard InChI is InChI=1S/C33H41N5OS/c1-33(2,3)29-24-30(37-21-19-36(20-22-37)16-10-14-26-11-5-4-6-12-26)35-32(34-29)40-25-27-13-9-15-28(23-27)31(39)38-17-7-8-18-38/h4-6,9-15,23-24H,7-8,16-22,25H2,1-3H3/b14-10+. The van der Waals surface area contributed by atoms with Crippen LogP contribution < -0.4 is 4.90 Å². The summed E-state index contributed by atoms with van der Waals surface area (Å²) in [6, 6.07) is 20.7. The summed E-state index contributed by atoms with van der Waals surface area (Å²) in [6.07, 6.45) is 6.67. The molecule has 0 aliphatic carbocycles. The van der Waals surface area contributed by atoms with Gasteiger partial charge in [0.25, 0.3) is 5.91 Å². The van der Waals surface area contributed by atoms with Crippen molar-refractivity contribution in [2.45, 2.75) is 49.9 Å². The molecule has 0 radical (unpaired) electrons. The summed E-state index contributed by atoms with van der Waals surface area (Å²) in [4.78, 5) is 29.7. The predicted octanol–water partition coefficient (Wildman–Crippen LogP) is 6.14. The van der Waals surface area contributed by atoms with Crippen LogP contribution in [-0.4, -0.2) is 71.5 Å². The quantitative estimate of drug-likeness (QED) is 0.246. The van der Waals surface area contributed by atoms with Gasteiger partial charge in [0.15, 0.2) is 5.16 Å². The predicted molar refractivity (Wildman–Crippen MR) is 166 cm³/mol. The van der Waals surface area contributed by atoms with E-state index in [0.717, 1.165) is 92.2 Å². The monoisotopic (exact) mass is 555 g/mol. The number of rotatable bonds is 8. The molecule has 0 bridgehead atoms. The lowest BCUT2D eigenvalue weighted by Gasteiger charge is -2.35. The van der Waals surface area contributed by atoms with Gasteiger partial charge in [0.05, 0.1) is 5.69 Å². The molecule has 2 aromatic carbocycles. The van der Waals surface area contributed by atoms with Crippen LogP contribution in [0.4, 0.5) is 5.82 Å². The summed E-state index contributed by atoms with van der Waals surface area (Å²) in [5, 5.41) is 0.798. The molecule has 1 aromatic heterocycles. The van der Waals surface area contributed by atoms with Gasteiger partial charge in [-0.15, -0.1) is 0 Å². The van der Waals surface area contributed by atoms with Crippen LogP contribution in [0.1, 0.15) is 60.8 Å². The first kappa shape index (κ1) is 28.4. The average Bonchev–Trinajstić information content (AvgIpc) is 3.51. The molecule has 2 saturated heterocycles. The number of piperazine rings is 1. The number of thioether (sulfide) groups is 1. The summed E-state index contributed by atoms with van der Waals surface area (Å²) >= 11 is 1.65. The van der Waals surface area contributed by atoms with Crippen molar-refractivity contribution in [2.75, 3.05) is 50.7 Å². The lowest BCUT2D eigenvalue weighted by Crippen LogP contribution is -2.46. The van der Waals surface area contributed by atoms with Crippen molar-refractivity contribution in [2.24, 2.45) is 0 Å². The number of carbonyl (C=O) groups is 1. The Bertz CT molecular complexity index is 1310. The summed E-state index contributed by atoms with van der Waals surface area (Å²) in [6.45, 7) is 13.2. The minimum absolute atomic E-state index is 0.0703. The van der Waals surface area contributed by atoms with Gasteiger partial charge in [-0.3, -0.25) is 9.69 Å². The zero-order chi connectivity index (χ0) is 28.0. The Labute approximate surface area is 243 Å². The fourth-order valence-electron chi connectivity index (χ4n) is 5.13. The highest BCUT2D eigenvalue weighted by Gasteiger charge is 2.23. The minimum Gasteiger partial charge on any atom is -0.354 e. The number of nitrogens with zero attached hydrogens (tertiary/aromatic N) is 5. The van der Waals surface area contributed by atoms with Gasteiger partial charge in [0, 0.05) is 68.6 Å². The van der Waals surface area contributed by atoms with E-state index in [9.17, 15) is 4.79 Å². The van der Waals surface area contributed by atoms with Crippen molar-refractivity contribution < 1.29 is 4.79 Å². The van der Waals surface area contributed by atoms with Crippen molar-refractivity contribution in [1.82, 2.24) is 19.8 Å². The average molecular weight is 556 g/mol. The molecule has 0 atom stereocenters. The normalized spacial score (nSPS) is 16.7. The van der Waals surface area contributed by atoms with E-state index < -0.39 is 0 Å². The Morgan fingerprint density at radius 1 is 0.900 bits per heavy atom. The molecule has 3 heterocycles. The second-order valence-electron chi connectivity index (χ2n) is 11.7. The van der Waals surface area contributed by atoms with Crippen LogP contribution >= 0.6 is 11.8 Å². The lowest BCUT2D eigenvalue weighted by molar-refractivity contribution is 0.0792. The number of amides is 1. The van der Waals surface area contributed by atoms with E-state index in [1.807, 2.05) is 23.1 Å². The molecular weight excluding hydrogens is 514 g/mol. The number of anilines is 1. The molecule has 5 rings (SSSR count). The van der Waals surface area contributed by atoms with Crippen molar-refractivity contribution >= 4 is 29.6 Å². The molecule has 0 unspecified atom stereocenters. The number of hydrogen-bond donors (Lipinski definition) is 0. The lowest BCUT2D eigenvalue weighted by atomic mass is 9.92. The molecule has 0 spiro atoms. The van der Waals surface area contributed by atoms with Crippen molar-refractivity contribution in [1.29, 1.82) is 0 Å². The van der Waals surface area contributed by atoms with Gasteiger partial charge in [-0.2, -0.15) is 0 Å². The molecule has 0 saturated carbocycles. The van der Waals surface area contributed by atoms with E-state index in [1.54, 1.807) is 11.8 Å². The Morgan fingerprint density at radius 2 is 1.65 bits per heavy atom. The SMILES string of the molecule is CC(C)(C)c1cc(N2CCN(C/C=C/c3ccccc3)CC2)nc(SCc2cccc(C(=O)N3CCCC3)c2)n1. The topological polar surface area (TPSA) is 52.6 Å². The van der Waals surface area contributed by atoms with Gasteiger partial charge in [-0.25, -0.2) is 9.97 Å². The first-order valence-electron chi connectivity index (χ1n) is 14.4. The molecular formula is C33H41N5OS. The highest BCUT2D eigenvalue weighted by molar-refractivity contribution is 7.98. The summed E-state index contributed by atoms with van der Waals surface area (Å²) in [5.74, 6) is 1.89. The van der Waals surface area contributed by atoms with Gasteiger partial charge in [0.2, 0.25) is 0 Å². The molecule has 40 heavy (non-hydrogen) atoms. The molecule has 2 aliphatic rings. The third kappa shape index (κ3) is 7.52. The molecule has 210 valence electrons. The maximum Gasteiger partial charge on any atom is 0.253 e. The van der Waals surface area contributed by atoms with Gasteiger partial charge in [-0.05, 0) is 36.1 Å². The zero-order valence-corrected chi connectivity index (χ0v) is 24.9. The highest BCUT2D eigenvalue weighted by Crippen LogP contribution is 2.29.